The van der Waals surface area contributed by atoms with Gasteiger partial charge in [-0.15, -0.1) is 0 Å². The maximum absolute atomic E-state index is 14.3. The molecule has 1 N–H and O–H groups in total. The largest absolute Gasteiger partial charge is 0.436 e. The highest BCUT2D eigenvalue weighted by Crippen LogP contribution is 2.33. The monoisotopic (exact) mass is 427 g/mol. The molecule has 2 aromatic carbocycles. The third-order valence-corrected chi connectivity index (χ3v) is 4.77. The normalized spacial score (nSPS) is 11.0. The molecule has 1 heterocycles. The minimum absolute atomic E-state index is 0.0675. The number of nitrogens with one attached hydrogen (secondary N) is 1. The molecule has 3 aromatic rings. The van der Waals surface area contributed by atoms with Crippen molar-refractivity contribution in [2.75, 3.05) is 6.54 Å². The summed E-state index contributed by atoms with van der Waals surface area (Å²) in [4.78, 5) is 12.3. The number of carbonyl (C=O) groups excluding carboxylic acids is 1. The summed E-state index contributed by atoms with van der Waals surface area (Å²) in [6.45, 7) is 6.63. The van der Waals surface area contributed by atoms with E-state index in [1.807, 2.05) is 51.1 Å². The molecule has 31 heavy (non-hydrogen) atoms. The van der Waals surface area contributed by atoms with Crippen LogP contribution in [0.3, 0.4) is 0 Å². The van der Waals surface area contributed by atoms with Crippen LogP contribution < -0.4 is 10.1 Å². The second-order valence-electron chi connectivity index (χ2n) is 7.71. The van der Waals surface area contributed by atoms with Crippen molar-refractivity contribution < 1.29 is 18.3 Å². The van der Waals surface area contributed by atoms with Crippen LogP contribution in [0.25, 0.3) is 5.69 Å². The van der Waals surface area contributed by atoms with Crippen LogP contribution in [0.5, 0.6) is 11.6 Å². The van der Waals surface area contributed by atoms with Crippen molar-refractivity contribution in [3.63, 3.8) is 0 Å². The highest BCUT2D eigenvalue weighted by molar-refractivity contribution is 5.76. The molecule has 1 amide bonds. The van der Waals surface area contributed by atoms with Gasteiger partial charge in [0.05, 0.1) is 11.4 Å². The topological polar surface area (TPSA) is 56.2 Å². The summed E-state index contributed by atoms with van der Waals surface area (Å²) in [5.74, 6) is -0.979. The molecule has 0 saturated heterocycles. The summed E-state index contributed by atoms with van der Waals surface area (Å²) < 4.78 is 35.2. The third-order valence-electron chi connectivity index (χ3n) is 4.77. The van der Waals surface area contributed by atoms with Crippen molar-refractivity contribution in [2.24, 2.45) is 5.92 Å². The molecule has 0 aliphatic carbocycles. The summed E-state index contributed by atoms with van der Waals surface area (Å²) in [6, 6.07) is 12.5. The first-order valence-corrected chi connectivity index (χ1v) is 10.4. The minimum atomic E-state index is -0.806. The van der Waals surface area contributed by atoms with Gasteiger partial charge in [0.15, 0.2) is 11.6 Å². The van der Waals surface area contributed by atoms with E-state index in [1.165, 1.54) is 6.07 Å². The number of ether oxygens (including phenoxy) is 1. The first kappa shape index (κ1) is 22.5. The van der Waals surface area contributed by atoms with Crippen LogP contribution in [-0.2, 0) is 17.6 Å². The number of benzene rings is 2. The number of hydrogen-bond acceptors (Lipinski definition) is 3. The van der Waals surface area contributed by atoms with Crippen LogP contribution in [0.4, 0.5) is 8.78 Å². The molecule has 0 saturated carbocycles. The molecule has 0 bridgehead atoms. The number of rotatable bonds is 9. The Bertz CT molecular complexity index is 1030. The first-order valence-electron chi connectivity index (χ1n) is 10.4. The van der Waals surface area contributed by atoms with Crippen molar-refractivity contribution in [3.8, 4) is 17.3 Å². The van der Waals surface area contributed by atoms with Gasteiger partial charge < -0.3 is 10.1 Å². The average Bonchev–Trinajstić information content (AvgIpc) is 3.10. The lowest BCUT2D eigenvalue weighted by molar-refractivity contribution is -0.121. The van der Waals surface area contributed by atoms with Crippen LogP contribution in [0.2, 0.25) is 0 Å². The summed E-state index contributed by atoms with van der Waals surface area (Å²) >= 11 is 0. The standard InChI is InChI=1S/C24H27F2N3O2/c1-4-21-19(11-13-23(30)27-15-16(2)3)24(29(28-21)18-8-6-5-7-9-18)31-22-12-10-17(25)14-20(22)26/h5-10,12,14,16H,4,11,13,15H2,1-3H3,(H,27,30). The van der Waals surface area contributed by atoms with Crippen molar-refractivity contribution in [2.45, 2.75) is 40.0 Å². The molecular weight excluding hydrogens is 400 g/mol. The molecule has 0 radical (unpaired) electrons. The van der Waals surface area contributed by atoms with Crippen molar-refractivity contribution in [3.05, 3.63) is 71.4 Å². The highest BCUT2D eigenvalue weighted by Gasteiger charge is 2.22. The Labute approximate surface area is 181 Å². The van der Waals surface area contributed by atoms with E-state index in [4.69, 9.17) is 4.74 Å². The number of aromatic nitrogens is 2. The molecule has 0 fully saturated rings. The van der Waals surface area contributed by atoms with Crippen LogP contribution in [-0.4, -0.2) is 22.2 Å². The minimum Gasteiger partial charge on any atom is -0.436 e. The number of aryl methyl sites for hydroxylation is 1. The molecule has 0 aliphatic rings. The molecule has 0 atom stereocenters. The fraction of sp³-hybridized carbons (Fsp3) is 0.333. The first-order chi connectivity index (χ1) is 14.9. The number of halogens is 2. The predicted octanol–water partition coefficient (Wildman–Crippen LogP) is 5.21. The molecule has 164 valence electrons. The van der Waals surface area contributed by atoms with Gasteiger partial charge in [-0.2, -0.15) is 5.10 Å². The van der Waals surface area contributed by atoms with Gasteiger partial charge in [-0.3, -0.25) is 4.79 Å². The molecule has 1 aromatic heterocycles. The van der Waals surface area contributed by atoms with Gasteiger partial charge in [0.1, 0.15) is 5.82 Å². The Morgan fingerprint density at radius 2 is 1.90 bits per heavy atom. The molecule has 5 nitrogen and oxygen atoms in total. The lowest BCUT2D eigenvalue weighted by Gasteiger charge is -2.12. The lowest BCUT2D eigenvalue weighted by Crippen LogP contribution is -2.27. The van der Waals surface area contributed by atoms with Crippen LogP contribution in [0, 0.1) is 17.6 Å². The molecule has 0 unspecified atom stereocenters. The number of hydrogen-bond donors (Lipinski definition) is 1. The molecule has 3 rings (SSSR count). The second-order valence-corrected chi connectivity index (χ2v) is 7.71. The SMILES string of the molecule is CCc1nn(-c2ccccc2)c(Oc2ccc(F)cc2F)c1CCC(=O)NCC(C)C. The summed E-state index contributed by atoms with van der Waals surface area (Å²) in [5, 5.41) is 7.56. The Hall–Kier alpha value is -3.22. The van der Waals surface area contributed by atoms with Gasteiger partial charge in [-0.25, -0.2) is 13.5 Å². The van der Waals surface area contributed by atoms with E-state index in [-0.39, 0.29) is 18.1 Å². The zero-order valence-electron chi connectivity index (χ0n) is 18.0. The molecular formula is C24H27F2N3O2. The van der Waals surface area contributed by atoms with Gasteiger partial charge in [0.25, 0.3) is 0 Å². The average molecular weight is 427 g/mol. The van der Waals surface area contributed by atoms with Crippen LogP contribution in [0.15, 0.2) is 48.5 Å². The predicted molar refractivity (Wildman–Crippen MR) is 116 cm³/mol. The van der Waals surface area contributed by atoms with Gasteiger partial charge in [-0.05, 0) is 43.0 Å². The van der Waals surface area contributed by atoms with E-state index in [0.717, 1.165) is 29.1 Å². The quantitative estimate of drug-likeness (QED) is 0.510. The zero-order chi connectivity index (χ0) is 22.4. The lowest BCUT2D eigenvalue weighted by atomic mass is 10.1. The van der Waals surface area contributed by atoms with Gasteiger partial charge in [-0.1, -0.05) is 39.0 Å². The Kier molecular flexibility index (Phi) is 7.39. The van der Waals surface area contributed by atoms with E-state index in [9.17, 15) is 13.6 Å². The van der Waals surface area contributed by atoms with E-state index in [2.05, 4.69) is 10.4 Å². The van der Waals surface area contributed by atoms with E-state index in [0.29, 0.717) is 31.2 Å². The Balaban J connectivity index is 1.97. The maximum Gasteiger partial charge on any atom is 0.226 e. The van der Waals surface area contributed by atoms with Crippen LogP contribution in [0.1, 0.15) is 38.4 Å². The number of amides is 1. The Morgan fingerprint density at radius 1 is 1.16 bits per heavy atom. The van der Waals surface area contributed by atoms with Gasteiger partial charge >= 0.3 is 0 Å². The maximum atomic E-state index is 14.3. The number of nitrogens with zero attached hydrogens (tertiary/aromatic N) is 2. The van der Waals surface area contributed by atoms with Crippen molar-refractivity contribution >= 4 is 5.91 Å². The van der Waals surface area contributed by atoms with E-state index < -0.39 is 11.6 Å². The summed E-state index contributed by atoms with van der Waals surface area (Å²) in [7, 11) is 0. The fourth-order valence-corrected chi connectivity index (χ4v) is 3.17. The third kappa shape index (κ3) is 5.69. The molecule has 0 aliphatic heterocycles. The molecule has 0 spiro atoms. The number of para-hydroxylation sites is 1. The zero-order valence-corrected chi connectivity index (χ0v) is 18.0. The Morgan fingerprint density at radius 3 is 2.55 bits per heavy atom. The highest BCUT2D eigenvalue weighted by atomic mass is 19.1. The van der Waals surface area contributed by atoms with Crippen LogP contribution >= 0.6 is 0 Å². The molecule has 7 heteroatoms. The second kappa shape index (κ2) is 10.2. The summed E-state index contributed by atoms with van der Waals surface area (Å²) in [6.07, 6.45) is 1.26. The van der Waals surface area contributed by atoms with Gasteiger partial charge in [0.2, 0.25) is 11.8 Å². The van der Waals surface area contributed by atoms with E-state index >= 15 is 0 Å². The number of carbonyl (C=O) groups is 1. The smallest absolute Gasteiger partial charge is 0.226 e. The van der Waals surface area contributed by atoms with E-state index in [1.54, 1.807) is 4.68 Å². The fourth-order valence-electron chi connectivity index (χ4n) is 3.17. The van der Waals surface area contributed by atoms with Gasteiger partial charge in [0, 0.05) is 24.6 Å². The summed E-state index contributed by atoms with van der Waals surface area (Å²) in [5.41, 5.74) is 2.23. The van der Waals surface area contributed by atoms with Crippen molar-refractivity contribution in [1.29, 1.82) is 0 Å². The van der Waals surface area contributed by atoms with Crippen molar-refractivity contribution in [1.82, 2.24) is 15.1 Å².